The first-order chi connectivity index (χ1) is 6.36. The van der Waals surface area contributed by atoms with Gasteiger partial charge < -0.3 is 5.32 Å². The molecule has 1 aromatic carbocycles. The molecule has 0 aliphatic heterocycles. The Labute approximate surface area is 88.0 Å². The first-order valence-electron chi connectivity index (χ1n) is 4.37. The summed E-state index contributed by atoms with van der Waals surface area (Å²) in [5, 5.41) is 4.12. The van der Waals surface area contributed by atoms with Crippen LogP contribution in [-0.2, 0) is 0 Å². The molecule has 0 heterocycles. The second-order valence-electron chi connectivity index (χ2n) is 2.75. The summed E-state index contributed by atoms with van der Waals surface area (Å²) >= 11 is 3.38. The Balaban J connectivity index is 2.58. The van der Waals surface area contributed by atoms with Crippen LogP contribution in [-0.4, -0.2) is 12.4 Å². The molecular weight excluding hydrogens is 226 g/mol. The van der Waals surface area contributed by atoms with E-state index in [1.54, 1.807) is 0 Å². The van der Waals surface area contributed by atoms with E-state index in [4.69, 9.17) is 0 Å². The quantitative estimate of drug-likeness (QED) is 0.794. The molecule has 0 spiro atoms. The Morgan fingerprint density at radius 2 is 2.00 bits per heavy atom. The van der Waals surface area contributed by atoms with Crippen molar-refractivity contribution in [3.8, 4) is 0 Å². The van der Waals surface area contributed by atoms with Crippen LogP contribution in [0.3, 0.4) is 0 Å². The summed E-state index contributed by atoms with van der Waals surface area (Å²) in [7, 11) is 1.93. The molecule has 0 aliphatic carbocycles. The number of allylic oxidation sites excluding steroid dienone is 1. The van der Waals surface area contributed by atoms with E-state index in [-0.39, 0.29) is 0 Å². The molecule has 0 atom stereocenters. The third-order valence-corrected chi connectivity index (χ3v) is 2.24. The molecule has 0 radical (unpaired) electrons. The summed E-state index contributed by atoms with van der Waals surface area (Å²) < 4.78 is 0. The SMILES string of the molecule is CNc1ccc(C=CCCBr)cc1. The third-order valence-electron chi connectivity index (χ3n) is 1.79. The van der Waals surface area contributed by atoms with Crippen LogP contribution >= 0.6 is 15.9 Å². The normalized spacial score (nSPS) is 10.6. The fourth-order valence-electron chi connectivity index (χ4n) is 1.04. The van der Waals surface area contributed by atoms with Crippen LogP contribution in [0, 0.1) is 0 Å². The van der Waals surface area contributed by atoms with Crippen molar-refractivity contribution in [1.29, 1.82) is 0 Å². The monoisotopic (exact) mass is 239 g/mol. The van der Waals surface area contributed by atoms with Crippen molar-refractivity contribution in [2.24, 2.45) is 0 Å². The lowest BCUT2D eigenvalue weighted by atomic mass is 10.2. The minimum Gasteiger partial charge on any atom is -0.388 e. The Morgan fingerprint density at radius 1 is 1.31 bits per heavy atom. The van der Waals surface area contributed by atoms with Gasteiger partial charge in [-0.15, -0.1) is 0 Å². The van der Waals surface area contributed by atoms with Crippen molar-refractivity contribution in [2.45, 2.75) is 6.42 Å². The summed E-state index contributed by atoms with van der Waals surface area (Å²) in [4.78, 5) is 0. The fraction of sp³-hybridized carbons (Fsp3) is 0.273. The number of alkyl halides is 1. The Bertz CT molecular complexity index is 264. The molecule has 2 heteroatoms. The van der Waals surface area contributed by atoms with Gasteiger partial charge in [0.05, 0.1) is 0 Å². The van der Waals surface area contributed by atoms with Crippen LogP contribution in [0.1, 0.15) is 12.0 Å². The van der Waals surface area contributed by atoms with E-state index in [1.165, 1.54) is 5.56 Å². The largest absolute Gasteiger partial charge is 0.388 e. The van der Waals surface area contributed by atoms with E-state index >= 15 is 0 Å². The van der Waals surface area contributed by atoms with Gasteiger partial charge in [0.25, 0.3) is 0 Å². The highest BCUT2D eigenvalue weighted by Crippen LogP contribution is 2.10. The maximum absolute atomic E-state index is 3.38. The summed E-state index contributed by atoms with van der Waals surface area (Å²) in [5.74, 6) is 0. The summed E-state index contributed by atoms with van der Waals surface area (Å²) in [6, 6.07) is 8.37. The lowest BCUT2D eigenvalue weighted by Crippen LogP contribution is -1.86. The predicted octanol–water partition coefficient (Wildman–Crippen LogP) is 3.53. The van der Waals surface area contributed by atoms with Crippen molar-refractivity contribution in [2.75, 3.05) is 17.7 Å². The Kier molecular flexibility index (Phi) is 4.61. The van der Waals surface area contributed by atoms with E-state index in [1.807, 2.05) is 7.05 Å². The molecule has 0 amide bonds. The van der Waals surface area contributed by atoms with Gasteiger partial charge in [-0.2, -0.15) is 0 Å². The molecule has 0 aromatic heterocycles. The van der Waals surface area contributed by atoms with Gasteiger partial charge in [-0.1, -0.05) is 40.2 Å². The number of hydrogen-bond donors (Lipinski definition) is 1. The second-order valence-corrected chi connectivity index (χ2v) is 3.55. The maximum Gasteiger partial charge on any atom is 0.0337 e. The van der Waals surface area contributed by atoms with Gasteiger partial charge in [-0.25, -0.2) is 0 Å². The highest BCUT2D eigenvalue weighted by Gasteiger charge is 1.87. The minimum absolute atomic E-state index is 1.03. The average molecular weight is 240 g/mol. The highest BCUT2D eigenvalue weighted by atomic mass is 79.9. The second kappa shape index (κ2) is 5.81. The van der Waals surface area contributed by atoms with Gasteiger partial charge in [0.1, 0.15) is 0 Å². The molecule has 0 bridgehead atoms. The summed E-state index contributed by atoms with van der Waals surface area (Å²) in [6.07, 6.45) is 5.39. The molecule has 1 aromatic rings. The van der Waals surface area contributed by atoms with Gasteiger partial charge in [-0.05, 0) is 24.1 Å². The Morgan fingerprint density at radius 3 is 2.54 bits per heavy atom. The molecule has 1 N–H and O–H groups in total. The van der Waals surface area contributed by atoms with E-state index in [9.17, 15) is 0 Å². The zero-order chi connectivity index (χ0) is 9.52. The van der Waals surface area contributed by atoms with Gasteiger partial charge in [0.2, 0.25) is 0 Å². The number of hydrogen-bond acceptors (Lipinski definition) is 1. The van der Waals surface area contributed by atoms with E-state index in [0.29, 0.717) is 0 Å². The van der Waals surface area contributed by atoms with Crippen molar-refractivity contribution in [3.63, 3.8) is 0 Å². The molecule has 1 rings (SSSR count). The first-order valence-corrected chi connectivity index (χ1v) is 5.49. The van der Waals surface area contributed by atoms with Crippen LogP contribution in [0.4, 0.5) is 5.69 Å². The number of benzene rings is 1. The van der Waals surface area contributed by atoms with Crippen LogP contribution in [0.25, 0.3) is 6.08 Å². The molecule has 0 aliphatic rings. The zero-order valence-electron chi connectivity index (χ0n) is 7.76. The van der Waals surface area contributed by atoms with Crippen LogP contribution in [0.5, 0.6) is 0 Å². The van der Waals surface area contributed by atoms with Crippen molar-refractivity contribution in [1.82, 2.24) is 0 Å². The third kappa shape index (κ3) is 3.64. The molecule has 0 unspecified atom stereocenters. The van der Waals surface area contributed by atoms with E-state index < -0.39 is 0 Å². The van der Waals surface area contributed by atoms with Gasteiger partial charge in [0, 0.05) is 18.1 Å². The minimum atomic E-state index is 1.03. The molecule has 13 heavy (non-hydrogen) atoms. The molecule has 0 fully saturated rings. The smallest absolute Gasteiger partial charge is 0.0337 e. The first kappa shape index (κ1) is 10.3. The summed E-state index contributed by atoms with van der Waals surface area (Å²) in [5.41, 5.74) is 2.40. The van der Waals surface area contributed by atoms with Crippen molar-refractivity contribution in [3.05, 3.63) is 35.9 Å². The maximum atomic E-state index is 3.38. The molecular formula is C11H14BrN. The lowest BCUT2D eigenvalue weighted by molar-refractivity contribution is 1.27. The molecule has 1 nitrogen and oxygen atoms in total. The van der Waals surface area contributed by atoms with Gasteiger partial charge >= 0.3 is 0 Å². The van der Waals surface area contributed by atoms with Crippen LogP contribution in [0.2, 0.25) is 0 Å². The number of rotatable bonds is 4. The zero-order valence-corrected chi connectivity index (χ0v) is 9.34. The predicted molar refractivity (Wildman–Crippen MR) is 63.4 cm³/mol. The fourth-order valence-corrected chi connectivity index (χ4v) is 1.31. The van der Waals surface area contributed by atoms with Crippen LogP contribution in [0.15, 0.2) is 30.3 Å². The van der Waals surface area contributed by atoms with Crippen LogP contribution < -0.4 is 5.32 Å². The van der Waals surface area contributed by atoms with Gasteiger partial charge in [-0.3, -0.25) is 0 Å². The van der Waals surface area contributed by atoms with Gasteiger partial charge in [0.15, 0.2) is 0 Å². The average Bonchev–Trinajstić information content (AvgIpc) is 2.19. The lowest BCUT2D eigenvalue weighted by Gasteiger charge is -1.99. The molecule has 0 saturated carbocycles. The van der Waals surface area contributed by atoms with E-state index in [2.05, 4.69) is 57.7 Å². The Hall–Kier alpha value is -0.760. The van der Waals surface area contributed by atoms with Crippen molar-refractivity contribution >= 4 is 27.7 Å². The standard InChI is InChI=1S/C11H14BrN/c1-13-11-7-5-10(6-8-11)4-2-3-9-12/h2,4-8,13H,3,9H2,1H3. The number of halogens is 1. The number of anilines is 1. The molecule has 0 saturated heterocycles. The van der Waals surface area contributed by atoms with E-state index in [0.717, 1.165) is 17.4 Å². The number of nitrogens with one attached hydrogen (secondary N) is 1. The molecule has 70 valence electrons. The summed E-state index contributed by atoms with van der Waals surface area (Å²) in [6.45, 7) is 0. The highest BCUT2D eigenvalue weighted by molar-refractivity contribution is 9.09. The van der Waals surface area contributed by atoms with Crippen molar-refractivity contribution < 1.29 is 0 Å². The topological polar surface area (TPSA) is 12.0 Å².